The van der Waals surface area contributed by atoms with Gasteiger partial charge in [0.15, 0.2) is 0 Å². The number of halogens is 5. The van der Waals surface area contributed by atoms with E-state index < -0.39 is 17.6 Å². The van der Waals surface area contributed by atoms with Crippen LogP contribution in [0.4, 0.5) is 17.6 Å². The summed E-state index contributed by atoms with van der Waals surface area (Å²) in [4.78, 5) is 4.07. The van der Waals surface area contributed by atoms with Crippen molar-refractivity contribution in [2.75, 3.05) is 0 Å². The van der Waals surface area contributed by atoms with Gasteiger partial charge in [0.1, 0.15) is 11.6 Å². The van der Waals surface area contributed by atoms with Crippen molar-refractivity contribution in [3.05, 3.63) is 76.3 Å². The zero-order valence-electron chi connectivity index (χ0n) is 12.2. The normalized spacial score (nSPS) is 11.7. The Balaban J connectivity index is 2.01. The second kappa shape index (κ2) is 6.39. The number of benzene rings is 2. The molecule has 0 aliphatic heterocycles. The van der Waals surface area contributed by atoms with Gasteiger partial charge in [-0.15, -0.1) is 0 Å². The number of imidazole rings is 1. The van der Waals surface area contributed by atoms with E-state index in [9.17, 15) is 17.6 Å². The van der Waals surface area contributed by atoms with Gasteiger partial charge in [0.05, 0.1) is 10.0 Å². The third kappa shape index (κ3) is 3.36. The van der Waals surface area contributed by atoms with E-state index in [0.29, 0.717) is 4.47 Å². The molecule has 7 heteroatoms. The molecule has 0 saturated carbocycles. The van der Waals surface area contributed by atoms with E-state index in [-0.39, 0.29) is 17.9 Å². The Kier molecular flexibility index (Phi) is 4.45. The second-order valence-electron chi connectivity index (χ2n) is 5.17. The number of hydrogen-bond acceptors (Lipinski definition) is 1. The summed E-state index contributed by atoms with van der Waals surface area (Å²) >= 11 is 3.10. The van der Waals surface area contributed by atoms with Crippen LogP contribution in [-0.2, 0) is 12.7 Å². The minimum Gasteiger partial charge on any atom is -0.327 e. The average molecular weight is 399 g/mol. The number of hydrogen-bond donors (Lipinski definition) is 0. The Labute approximate surface area is 143 Å². The van der Waals surface area contributed by atoms with Crippen molar-refractivity contribution < 1.29 is 17.6 Å². The fourth-order valence-electron chi connectivity index (χ4n) is 2.44. The molecule has 3 rings (SSSR count). The molecule has 2 aromatic carbocycles. The van der Waals surface area contributed by atoms with E-state index in [2.05, 4.69) is 20.9 Å². The lowest BCUT2D eigenvalue weighted by Crippen LogP contribution is -2.09. The van der Waals surface area contributed by atoms with Gasteiger partial charge in [-0.1, -0.05) is 24.3 Å². The molecule has 0 amide bonds. The van der Waals surface area contributed by atoms with E-state index in [1.807, 2.05) is 0 Å². The van der Waals surface area contributed by atoms with Crippen LogP contribution in [0.25, 0.3) is 11.4 Å². The largest absolute Gasteiger partial charge is 0.417 e. The SMILES string of the molecule is Fc1ccc(Cn2ccnc2-c2ccccc2C(F)(F)F)cc1Br. The zero-order chi connectivity index (χ0) is 17.3. The smallest absolute Gasteiger partial charge is 0.327 e. The third-order valence-corrected chi connectivity index (χ3v) is 4.13. The van der Waals surface area contributed by atoms with E-state index in [0.717, 1.165) is 11.6 Å². The zero-order valence-corrected chi connectivity index (χ0v) is 13.8. The van der Waals surface area contributed by atoms with E-state index >= 15 is 0 Å². The van der Waals surface area contributed by atoms with Crippen molar-refractivity contribution in [3.8, 4) is 11.4 Å². The molecule has 0 spiro atoms. The Hall–Kier alpha value is -2.15. The van der Waals surface area contributed by atoms with Gasteiger partial charge in [0.25, 0.3) is 0 Å². The molecule has 0 fully saturated rings. The quantitative estimate of drug-likeness (QED) is 0.531. The first-order valence-electron chi connectivity index (χ1n) is 6.98. The summed E-state index contributed by atoms with van der Waals surface area (Å²) in [5.41, 5.74) is 0.0147. The van der Waals surface area contributed by atoms with Crippen LogP contribution in [-0.4, -0.2) is 9.55 Å². The molecular weight excluding hydrogens is 388 g/mol. The van der Waals surface area contributed by atoms with Gasteiger partial charge in [-0.2, -0.15) is 13.2 Å². The number of rotatable bonds is 3. The maximum atomic E-state index is 13.3. The molecule has 0 N–H and O–H groups in total. The summed E-state index contributed by atoms with van der Waals surface area (Å²) in [5, 5.41) is 0. The van der Waals surface area contributed by atoms with Crippen LogP contribution in [0.5, 0.6) is 0 Å². The molecule has 0 atom stereocenters. The monoisotopic (exact) mass is 398 g/mol. The summed E-state index contributed by atoms with van der Waals surface area (Å²) in [6.45, 7) is 0.278. The molecule has 0 saturated heterocycles. The minimum atomic E-state index is -4.47. The van der Waals surface area contributed by atoms with Crippen LogP contribution in [0.3, 0.4) is 0 Å². The van der Waals surface area contributed by atoms with Crippen LogP contribution in [0.2, 0.25) is 0 Å². The maximum Gasteiger partial charge on any atom is 0.417 e. The Morgan fingerprint density at radius 2 is 1.83 bits per heavy atom. The molecule has 0 unspecified atom stereocenters. The minimum absolute atomic E-state index is 0.0103. The predicted octanol–water partition coefficient (Wildman–Crippen LogP) is 5.52. The lowest BCUT2D eigenvalue weighted by molar-refractivity contribution is -0.137. The number of nitrogens with zero attached hydrogens (tertiary/aromatic N) is 2. The van der Waals surface area contributed by atoms with Gasteiger partial charge < -0.3 is 4.57 Å². The molecule has 0 aliphatic rings. The van der Waals surface area contributed by atoms with Gasteiger partial charge in [0, 0.05) is 24.5 Å². The summed E-state index contributed by atoms with van der Waals surface area (Å²) in [7, 11) is 0. The van der Waals surface area contributed by atoms with Crippen molar-refractivity contribution in [1.29, 1.82) is 0 Å². The maximum absolute atomic E-state index is 13.3. The van der Waals surface area contributed by atoms with Gasteiger partial charge in [-0.25, -0.2) is 9.37 Å². The van der Waals surface area contributed by atoms with E-state index in [1.54, 1.807) is 22.9 Å². The summed E-state index contributed by atoms with van der Waals surface area (Å²) in [5.74, 6) is -0.185. The highest BCUT2D eigenvalue weighted by atomic mass is 79.9. The second-order valence-corrected chi connectivity index (χ2v) is 6.02. The van der Waals surface area contributed by atoms with Gasteiger partial charge in [0.2, 0.25) is 0 Å². The molecule has 24 heavy (non-hydrogen) atoms. The molecule has 124 valence electrons. The van der Waals surface area contributed by atoms with Gasteiger partial charge in [-0.3, -0.25) is 0 Å². The Bertz CT molecular complexity index is 871. The van der Waals surface area contributed by atoms with Crippen molar-refractivity contribution in [2.45, 2.75) is 12.7 Å². The predicted molar refractivity (Wildman–Crippen MR) is 85.9 cm³/mol. The van der Waals surface area contributed by atoms with Crippen molar-refractivity contribution in [2.24, 2.45) is 0 Å². The topological polar surface area (TPSA) is 17.8 Å². The fraction of sp³-hybridized carbons (Fsp3) is 0.118. The van der Waals surface area contributed by atoms with Crippen LogP contribution >= 0.6 is 15.9 Å². The Morgan fingerprint density at radius 1 is 1.08 bits per heavy atom. The van der Waals surface area contributed by atoms with Crippen LogP contribution < -0.4 is 0 Å². The highest BCUT2D eigenvalue weighted by molar-refractivity contribution is 9.10. The van der Waals surface area contributed by atoms with Crippen molar-refractivity contribution in [3.63, 3.8) is 0 Å². The molecule has 0 radical (unpaired) electrons. The molecular formula is C17H11BrF4N2. The van der Waals surface area contributed by atoms with Crippen LogP contribution in [0.1, 0.15) is 11.1 Å². The molecule has 1 aromatic heterocycles. The third-order valence-electron chi connectivity index (χ3n) is 3.53. The van der Waals surface area contributed by atoms with Crippen LogP contribution in [0.15, 0.2) is 59.3 Å². The Morgan fingerprint density at radius 3 is 2.54 bits per heavy atom. The van der Waals surface area contributed by atoms with Crippen molar-refractivity contribution >= 4 is 15.9 Å². The first kappa shape index (κ1) is 16.7. The summed E-state index contributed by atoms with van der Waals surface area (Å²) in [6.07, 6.45) is -1.42. The van der Waals surface area contributed by atoms with Gasteiger partial charge in [-0.05, 0) is 39.7 Å². The first-order chi connectivity index (χ1) is 11.4. The number of aromatic nitrogens is 2. The molecule has 1 heterocycles. The first-order valence-corrected chi connectivity index (χ1v) is 7.77. The van der Waals surface area contributed by atoms with Crippen molar-refractivity contribution in [1.82, 2.24) is 9.55 Å². The van der Waals surface area contributed by atoms with Crippen LogP contribution in [0, 0.1) is 5.82 Å². The number of alkyl halides is 3. The molecule has 3 aromatic rings. The summed E-state index contributed by atoms with van der Waals surface area (Å²) < 4.78 is 54.9. The molecule has 0 bridgehead atoms. The van der Waals surface area contributed by atoms with E-state index in [1.165, 1.54) is 30.5 Å². The summed E-state index contributed by atoms with van der Waals surface area (Å²) in [6, 6.07) is 9.79. The lowest BCUT2D eigenvalue weighted by atomic mass is 10.1. The molecule has 0 aliphatic carbocycles. The molecule has 2 nitrogen and oxygen atoms in total. The van der Waals surface area contributed by atoms with E-state index in [4.69, 9.17) is 0 Å². The average Bonchev–Trinajstić information content (AvgIpc) is 2.98. The highest BCUT2D eigenvalue weighted by Crippen LogP contribution is 2.36. The van der Waals surface area contributed by atoms with Gasteiger partial charge >= 0.3 is 6.18 Å². The fourth-order valence-corrected chi connectivity index (χ4v) is 2.87. The highest BCUT2D eigenvalue weighted by Gasteiger charge is 2.34. The lowest BCUT2D eigenvalue weighted by Gasteiger charge is -2.14. The standard InChI is InChI=1S/C17H11BrF4N2/c18-14-9-11(5-6-15(14)19)10-24-8-7-23-16(24)12-3-1-2-4-13(12)17(20,21)22/h1-9H,10H2.